The number of nitrogens with zero attached hydrogens (tertiary/aromatic N) is 2. The Morgan fingerprint density at radius 1 is 0.217 bits per heavy atom. The molecule has 282 valence electrons. The largest absolute Gasteiger partial charge is 0.310 e. The molecule has 11 rings (SSSR count). The van der Waals surface area contributed by atoms with E-state index in [2.05, 4.69) is 252 Å². The van der Waals surface area contributed by atoms with Crippen molar-refractivity contribution in [3.63, 3.8) is 0 Å². The van der Waals surface area contributed by atoms with Crippen molar-refractivity contribution in [1.82, 2.24) is 0 Å². The van der Waals surface area contributed by atoms with E-state index in [9.17, 15) is 0 Å². The summed E-state index contributed by atoms with van der Waals surface area (Å²) >= 11 is 0. The number of para-hydroxylation sites is 2. The maximum Gasteiger partial charge on any atom is 0.0546 e. The Balaban J connectivity index is 1.15. The van der Waals surface area contributed by atoms with Crippen LogP contribution in [0.3, 0.4) is 0 Å². The van der Waals surface area contributed by atoms with Gasteiger partial charge in [0.25, 0.3) is 0 Å². The molecular weight excluding hydrogens is 725 g/mol. The van der Waals surface area contributed by atoms with Crippen molar-refractivity contribution in [3.05, 3.63) is 243 Å². The van der Waals surface area contributed by atoms with Crippen LogP contribution in [0.25, 0.3) is 65.3 Å². The van der Waals surface area contributed by atoms with Gasteiger partial charge in [-0.1, -0.05) is 182 Å². The van der Waals surface area contributed by atoms with E-state index < -0.39 is 0 Å². The van der Waals surface area contributed by atoms with E-state index in [1.54, 1.807) is 0 Å². The zero-order valence-corrected chi connectivity index (χ0v) is 33.0. The van der Waals surface area contributed by atoms with E-state index in [1.807, 2.05) is 0 Å². The molecule has 0 bridgehead atoms. The van der Waals surface area contributed by atoms with Gasteiger partial charge < -0.3 is 9.80 Å². The highest BCUT2D eigenvalue weighted by Gasteiger charge is 2.21. The minimum atomic E-state index is 1.09. The van der Waals surface area contributed by atoms with Crippen molar-refractivity contribution in [3.8, 4) is 22.3 Å². The normalized spacial score (nSPS) is 11.3. The molecule has 0 spiro atoms. The molecule has 0 fully saturated rings. The van der Waals surface area contributed by atoms with Gasteiger partial charge in [0, 0.05) is 33.5 Å². The minimum Gasteiger partial charge on any atom is -0.310 e. The van der Waals surface area contributed by atoms with E-state index >= 15 is 0 Å². The zero-order chi connectivity index (χ0) is 39.8. The summed E-state index contributed by atoms with van der Waals surface area (Å²) in [5.41, 5.74) is 11.3. The highest BCUT2D eigenvalue weighted by Crippen LogP contribution is 2.47. The summed E-state index contributed by atoms with van der Waals surface area (Å²) in [5.74, 6) is 0. The number of fused-ring (bicyclic) bond motifs is 6. The van der Waals surface area contributed by atoms with Crippen LogP contribution in [0.15, 0.2) is 243 Å². The lowest BCUT2D eigenvalue weighted by Crippen LogP contribution is -2.11. The first kappa shape index (κ1) is 35.2. The van der Waals surface area contributed by atoms with Crippen LogP contribution < -0.4 is 9.80 Å². The topological polar surface area (TPSA) is 6.48 Å². The highest BCUT2D eigenvalue weighted by molar-refractivity contribution is 6.16. The van der Waals surface area contributed by atoms with Crippen LogP contribution in [0.5, 0.6) is 0 Å². The molecule has 11 aromatic rings. The maximum atomic E-state index is 2.42. The van der Waals surface area contributed by atoms with E-state index in [0.29, 0.717) is 0 Å². The van der Waals surface area contributed by atoms with Crippen LogP contribution >= 0.6 is 0 Å². The molecule has 2 nitrogen and oxygen atoms in total. The van der Waals surface area contributed by atoms with Gasteiger partial charge in [-0.2, -0.15) is 0 Å². The Morgan fingerprint density at radius 3 is 1.15 bits per heavy atom. The Kier molecular flexibility index (Phi) is 8.87. The number of hydrogen-bond acceptors (Lipinski definition) is 2. The lowest BCUT2D eigenvalue weighted by molar-refractivity contribution is 1.29. The van der Waals surface area contributed by atoms with Crippen molar-refractivity contribution in [2.24, 2.45) is 0 Å². The van der Waals surface area contributed by atoms with E-state index in [-0.39, 0.29) is 0 Å². The fourth-order valence-electron chi connectivity index (χ4n) is 9.04. The van der Waals surface area contributed by atoms with Gasteiger partial charge in [-0.15, -0.1) is 0 Å². The summed E-state index contributed by atoms with van der Waals surface area (Å²) in [5, 5.41) is 9.82. The molecule has 0 atom stereocenters. The molecule has 0 aromatic heterocycles. The smallest absolute Gasteiger partial charge is 0.0546 e. The predicted molar refractivity (Wildman–Crippen MR) is 257 cm³/mol. The second-order valence-corrected chi connectivity index (χ2v) is 15.3. The van der Waals surface area contributed by atoms with E-state index in [1.165, 1.54) is 54.2 Å². The fraction of sp³-hybridized carbons (Fsp3) is 0. The monoisotopic (exact) mass is 764 g/mol. The fourth-order valence-corrected chi connectivity index (χ4v) is 9.04. The van der Waals surface area contributed by atoms with E-state index in [4.69, 9.17) is 0 Å². The van der Waals surface area contributed by atoms with E-state index in [0.717, 1.165) is 45.3 Å². The van der Waals surface area contributed by atoms with Gasteiger partial charge in [-0.3, -0.25) is 0 Å². The summed E-state index contributed by atoms with van der Waals surface area (Å²) in [7, 11) is 0. The van der Waals surface area contributed by atoms with Crippen LogP contribution in [-0.2, 0) is 0 Å². The molecule has 0 aliphatic heterocycles. The van der Waals surface area contributed by atoms with Crippen molar-refractivity contribution in [2.45, 2.75) is 0 Å². The van der Waals surface area contributed by atoms with Crippen LogP contribution in [0.1, 0.15) is 0 Å². The molecule has 0 unspecified atom stereocenters. The van der Waals surface area contributed by atoms with Gasteiger partial charge in [0.2, 0.25) is 0 Å². The van der Waals surface area contributed by atoms with Crippen LogP contribution in [-0.4, -0.2) is 0 Å². The second-order valence-electron chi connectivity index (χ2n) is 15.3. The quantitative estimate of drug-likeness (QED) is 0.142. The molecule has 11 aromatic carbocycles. The maximum absolute atomic E-state index is 2.42. The zero-order valence-electron chi connectivity index (χ0n) is 33.0. The first-order valence-electron chi connectivity index (χ1n) is 20.6. The third kappa shape index (κ3) is 6.23. The average Bonchev–Trinajstić information content (AvgIpc) is 3.33. The Bertz CT molecular complexity index is 3320. The molecular formula is C58H40N2. The predicted octanol–water partition coefficient (Wildman–Crippen LogP) is 16.6. The van der Waals surface area contributed by atoms with Crippen molar-refractivity contribution >= 4 is 77.2 Å². The summed E-state index contributed by atoms with van der Waals surface area (Å²) in [4.78, 5) is 4.84. The third-order valence-corrected chi connectivity index (χ3v) is 11.8. The molecule has 0 N–H and O–H groups in total. The van der Waals surface area contributed by atoms with Gasteiger partial charge in [-0.05, 0) is 115 Å². The lowest BCUT2D eigenvalue weighted by Gasteiger charge is -2.29. The van der Waals surface area contributed by atoms with Crippen molar-refractivity contribution < 1.29 is 0 Å². The van der Waals surface area contributed by atoms with Gasteiger partial charge in [-0.25, -0.2) is 0 Å². The van der Waals surface area contributed by atoms with Crippen LogP contribution in [0.4, 0.5) is 34.1 Å². The second kappa shape index (κ2) is 15.1. The van der Waals surface area contributed by atoms with Crippen molar-refractivity contribution in [1.29, 1.82) is 0 Å². The lowest BCUT2D eigenvalue weighted by atomic mass is 9.92. The number of anilines is 6. The third-order valence-electron chi connectivity index (χ3n) is 11.8. The highest BCUT2D eigenvalue weighted by atomic mass is 15.1. The molecule has 0 saturated carbocycles. The summed E-state index contributed by atoms with van der Waals surface area (Å²) in [6, 6.07) is 88.0. The number of rotatable bonds is 8. The minimum absolute atomic E-state index is 1.09. The van der Waals surface area contributed by atoms with Gasteiger partial charge in [0.05, 0.1) is 11.4 Å². The van der Waals surface area contributed by atoms with Crippen LogP contribution in [0.2, 0.25) is 0 Å². The summed E-state index contributed by atoms with van der Waals surface area (Å²) in [6.45, 7) is 0. The first-order chi connectivity index (χ1) is 29.8. The van der Waals surface area contributed by atoms with Gasteiger partial charge >= 0.3 is 0 Å². The molecule has 0 radical (unpaired) electrons. The van der Waals surface area contributed by atoms with Gasteiger partial charge in [0.15, 0.2) is 0 Å². The molecule has 60 heavy (non-hydrogen) atoms. The average molecular weight is 765 g/mol. The molecule has 2 heteroatoms. The molecule has 0 aliphatic carbocycles. The Hall–Kier alpha value is -7.94. The SMILES string of the molecule is c1ccc(-c2ccc(N(c3ccccc3)c3cc4ccccc4c4ccccc34)cc2-c2cccc(N(c3ccccc3)c3cc4ccccc4c4ccccc34)c2)cc1. The number of benzene rings is 11. The molecule has 0 saturated heterocycles. The molecule has 0 aliphatic rings. The standard InChI is InChI=1S/C58H40N2/c1-4-19-41(20-5-1)51-36-35-48(60(46-26-8-3-9-27-46)58-39-44-22-11-13-30-50(44)53-32-15-17-34-55(53)58)40-56(51)42-23-18-28-47(37-42)59(45-24-6-2-7-25-45)57-38-43-21-10-12-29-49(43)52-31-14-16-33-54(52)57/h1-40H. The molecule has 0 heterocycles. The first-order valence-corrected chi connectivity index (χ1v) is 20.6. The Labute approximate surface area is 350 Å². The summed E-state index contributed by atoms with van der Waals surface area (Å²) < 4.78 is 0. The number of hydrogen-bond donors (Lipinski definition) is 0. The van der Waals surface area contributed by atoms with Crippen LogP contribution in [0, 0.1) is 0 Å². The Morgan fingerprint density at radius 2 is 0.617 bits per heavy atom. The van der Waals surface area contributed by atoms with Gasteiger partial charge in [0.1, 0.15) is 0 Å². The summed E-state index contributed by atoms with van der Waals surface area (Å²) in [6.07, 6.45) is 0. The molecule has 0 amide bonds. The van der Waals surface area contributed by atoms with Crippen molar-refractivity contribution in [2.75, 3.05) is 9.80 Å².